The number of hydrogen-bond donors (Lipinski definition) is 1. The lowest BCUT2D eigenvalue weighted by molar-refractivity contribution is 0.123. The highest BCUT2D eigenvalue weighted by Gasteiger charge is 2.23. The second-order valence-electron chi connectivity index (χ2n) is 4.61. The molecule has 0 bridgehead atoms. The molecule has 0 spiro atoms. The molecule has 0 atom stereocenters. The molecule has 1 heterocycles. The Morgan fingerprint density at radius 1 is 1.26 bits per heavy atom. The highest BCUT2D eigenvalue weighted by Crippen LogP contribution is 2.26. The highest BCUT2D eigenvalue weighted by atomic mass is 16.5. The Morgan fingerprint density at radius 3 is 2.47 bits per heavy atom. The van der Waals surface area contributed by atoms with E-state index in [2.05, 4.69) is 37.4 Å². The molecule has 0 unspecified atom stereocenters. The van der Waals surface area contributed by atoms with Crippen LogP contribution in [0.15, 0.2) is 18.2 Å². The quantitative estimate of drug-likeness (QED) is 0.887. The number of fused-ring (bicyclic) bond motifs is 1. The average Bonchev–Trinajstić information content (AvgIpc) is 2.82. The Balaban J connectivity index is 0.000000861. The molecule has 1 amide bonds. The molecule has 4 heteroatoms. The van der Waals surface area contributed by atoms with Gasteiger partial charge in [-0.15, -0.1) is 0 Å². The van der Waals surface area contributed by atoms with Crippen molar-refractivity contribution in [1.29, 1.82) is 0 Å². The van der Waals surface area contributed by atoms with Gasteiger partial charge in [-0.2, -0.15) is 0 Å². The van der Waals surface area contributed by atoms with Crippen LogP contribution in [0.3, 0.4) is 0 Å². The summed E-state index contributed by atoms with van der Waals surface area (Å²) in [6.07, 6.45) is -0.264. The lowest BCUT2D eigenvalue weighted by Crippen LogP contribution is -2.24. The summed E-state index contributed by atoms with van der Waals surface area (Å²) in [6, 6.07) is 6.65. The number of anilines is 1. The van der Waals surface area contributed by atoms with E-state index in [1.54, 1.807) is 4.90 Å². The van der Waals surface area contributed by atoms with Crippen molar-refractivity contribution >= 4 is 11.8 Å². The van der Waals surface area contributed by atoms with Crippen LogP contribution in [0, 0.1) is 0 Å². The van der Waals surface area contributed by atoms with E-state index in [1.807, 2.05) is 13.8 Å². The third-order valence-corrected chi connectivity index (χ3v) is 2.82. The first-order chi connectivity index (χ1) is 9.10. The van der Waals surface area contributed by atoms with Gasteiger partial charge in [0.2, 0.25) is 0 Å². The van der Waals surface area contributed by atoms with Crippen LogP contribution in [-0.4, -0.2) is 24.1 Å². The fourth-order valence-corrected chi connectivity index (χ4v) is 2.08. The van der Waals surface area contributed by atoms with Gasteiger partial charge in [0.1, 0.15) is 0 Å². The normalized spacial score (nSPS) is 12.6. The molecule has 2 rings (SSSR count). The van der Waals surface area contributed by atoms with E-state index in [0.29, 0.717) is 19.1 Å². The number of methoxy groups -OCH3 is 1. The molecule has 0 saturated heterocycles. The molecule has 1 N–H and O–H groups in total. The first-order valence-electron chi connectivity index (χ1n) is 6.81. The van der Waals surface area contributed by atoms with Crippen LogP contribution in [0.1, 0.15) is 38.8 Å². The summed E-state index contributed by atoms with van der Waals surface area (Å²) in [4.78, 5) is 13.1. The van der Waals surface area contributed by atoms with Gasteiger partial charge in [0.05, 0.1) is 7.11 Å². The third kappa shape index (κ3) is 3.88. The third-order valence-electron chi connectivity index (χ3n) is 2.82. The number of carbonyl (C=O) groups excluding carboxylic acids is 1. The maximum absolute atomic E-state index is 11.4. The van der Waals surface area contributed by atoms with E-state index < -0.39 is 0 Å². The largest absolute Gasteiger partial charge is 0.453 e. The van der Waals surface area contributed by atoms with E-state index in [0.717, 1.165) is 5.69 Å². The minimum Gasteiger partial charge on any atom is -0.453 e. The number of carbonyl (C=O) groups is 1. The maximum atomic E-state index is 11.4. The van der Waals surface area contributed by atoms with Crippen LogP contribution < -0.4 is 5.32 Å². The fourth-order valence-electron chi connectivity index (χ4n) is 2.08. The van der Waals surface area contributed by atoms with Gasteiger partial charge in [0.15, 0.2) is 0 Å². The predicted octanol–water partition coefficient (Wildman–Crippen LogP) is 3.62. The van der Waals surface area contributed by atoms with E-state index >= 15 is 0 Å². The molecule has 0 radical (unpaired) electrons. The predicted molar refractivity (Wildman–Crippen MR) is 78.2 cm³/mol. The summed E-state index contributed by atoms with van der Waals surface area (Å²) in [5, 5.41) is 3.36. The first kappa shape index (κ1) is 15.3. The first-order valence-corrected chi connectivity index (χ1v) is 6.81. The molecular weight excluding hydrogens is 240 g/mol. The lowest BCUT2D eigenvalue weighted by Gasteiger charge is -2.12. The van der Waals surface area contributed by atoms with Crippen molar-refractivity contribution in [2.75, 3.05) is 12.4 Å². The topological polar surface area (TPSA) is 41.6 Å². The van der Waals surface area contributed by atoms with Crippen molar-refractivity contribution in [1.82, 2.24) is 4.90 Å². The monoisotopic (exact) mass is 264 g/mol. The minimum atomic E-state index is -0.264. The van der Waals surface area contributed by atoms with Gasteiger partial charge < -0.3 is 10.1 Å². The number of rotatable bonds is 2. The molecule has 0 aliphatic carbocycles. The van der Waals surface area contributed by atoms with Gasteiger partial charge in [0.25, 0.3) is 0 Å². The van der Waals surface area contributed by atoms with Gasteiger partial charge in [-0.05, 0) is 37.1 Å². The molecule has 1 aliphatic heterocycles. The summed E-state index contributed by atoms with van der Waals surface area (Å²) in [6.45, 7) is 9.49. The van der Waals surface area contributed by atoms with Crippen molar-refractivity contribution < 1.29 is 9.53 Å². The number of hydrogen-bond acceptors (Lipinski definition) is 3. The van der Waals surface area contributed by atoms with Crippen molar-refractivity contribution in [2.24, 2.45) is 0 Å². The second kappa shape index (κ2) is 7.02. The molecule has 106 valence electrons. The summed E-state index contributed by atoms with van der Waals surface area (Å²) >= 11 is 0. The van der Waals surface area contributed by atoms with Crippen LogP contribution in [0.5, 0.6) is 0 Å². The summed E-state index contributed by atoms with van der Waals surface area (Å²) in [5.41, 5.74) is 3.50. The van der Waals surface area contributed by atoms with E-state index in [-0.39, 0.29) is 6.09 Å². The Bertz CT molecular complexity index is 430. The minimum absolute atomic E-state index is 0.264. The van der Waals surface area contributed by atoms with Crippen molar-refractivity contribution in [2.45, 2.75) is 46.8 Å². The van der Waals surface area contributed by atoms with E-state index in [9.17, 15) is 4.79 Å². The summed E-state index contributed by atoms with van der Waals surface area (Å²) in [5.74, 6) is 0. The van der Waals surface area contributed by atoms with Crippen LogP contribution in [0.2, 0.25) is 0 Å². The Labute approximate surface area is 115 Å². The van der Waals surface area contributed by atoms with Gasteiger partial charge in [-0.3, -0.25) is 4.90 Å². The van der Waals surface area contributed by atoms with Crippen LogP contribution in [-0.2, 0) is 17.8 Å². The molecule has 4 nitrogen and oxygen atoms in total. The molecule has 1 aromatic rings. The fraction of sp³-hybridized carbons (Fsp3) is 0.533. The molecular formula is C15H24N2O2. The number of benzene rings is 1. The van der Waals surface area contributed by atoms with E-state index in [1.165, 1.54) is 18.2 Å². The SMILES string of the molecule is CC.COC(=O)N1Cc2ccc(NC(C)C)cc2C1. The Kier molecular flexibility index (Phi) is 5.67. The number of nitrogens with one attached hydrogen (secondary N) is 1. The van der Waals surface area contributed by atoms with Gasteiger partial charge in [-0.25, -0.2) is 4.79 Å². The molecule has 1 aliphatic rings. The Morgan fingerprint density at radius 2 is 1.89 bits per heavy atom. The zero-order valence-corrected chi connectivity index (χ0v) is 12.5. The number of amides is 1. The summed E-state index contributed by atoms with van der Waals surface area (Å²) in [7, 11) is 1.41. The zero-order valence-electron chi connectivity index (χ0n) is 12.5. The number of nitrogens with zero attached hydrogens (tertiary/aromatic N) is 1. The molecule has 0 fully saturated rings. The van der Waals surface area contributed by atoms with Crippen molar-refractivity contribution in [3.05, 3.63) is 29.3 Å². The van der Waals surface area contributed by atoms with Crippen LogP contribution in [0.4, 0.5) is 10.5 Å². The molecule has 19 heavy (non-hydrogen) atoms. The van der Waals surface area contributed by atoms with Crippen LogP contribution >= 0.6 is 0 Å². The van der Waals surface area contributed by atoms with Gasteiger partial charge in [-0.1, -0.05) is 19.9 Å². The Hall–Kier alpha value is -1.71. The molecule has 1 aromatic carbocycles. The molecule has 0 saturated carbocycles. The highest BCUT2D eigenvalue weighted by molar-refractivity contribution is 5.69. The maximum Gasteiger partial charge on any atom is 0.410 e. The van der Waals surface area contributed by atoms with E-state index in [4.69, 9.17) is 4.74 Å². The standard InChI is InChI=1S/C13H18N2O2.C2H6/c1-9(2)14-12-5-4-10-7-15(13(16)17-3)8-11(10)6-12;1-2/h4-6,9,14H,7-8H2,1-3H3;1-2H3. The number of ether oxygens (including phenoxy) is 1. The second-order valence-corrected chi connectivity index (χ2v) is 4.61. The zero-order chi connectivity index (χ0) is 14.4. The smallest absolute Gasteiger partial charge is 0.410 e. The van der Waals surface area contributed by atoms with Gasteiger partial charge >= 0.3 is 6.09 Å². The summed E-state index contributed by atoms with van der Waals surface area (Å²) < 4.78 is 4.73. The van der Waals surface area contributed by atoms with Crippen molar-refractivity contribution in [3.8, 4) is 0 Å². The van der Waals surface area contributed by atoms with Crippen LogP contribution in [0.25, 0.3) is 0 Å². The van der Waals surface area contributed by atoms with Crippen molar-refractivity contribution in [3.63, 3.8) is 0 Å². The average molecular weight is 264 g/mol. The lowest BCUT2D eigenvalue weighted by atomic mass is 10.1. The van der Waals surface area contributed by atoms with Gasteiger partial charge in [0, 0.05) is 24.8 Å². The molecule has 0 aromatic heterocycles.